The van der Waals surface area contributed by atoms with Gasteiger partial charge in [-0.15, -0.1) is 10.2 Å². The molecule has 2 aromatic rings. The number of halogens is 1. The molecule has 0 amide bonds. The predicted molar refractivity (Wildman–Crippen MR) is 118 cm³/mol. The van der Waals surface area contributed by atoms with Crippen molar-refractivity contribution in [2.75, 3.05) is 32.7 Å². The number of hydrogen-bond donors (Lipinski definition) is 2. The maximum absolute atomic E-state index is 13.9. The zero-order valence-electron chi connectivity index (χ0n) is 18.1. The number of likely N-dealkylation sites (N-methyl/N-ethyl adjacent to an activating group) is 1. The van der Waals surface area contributed by atoms with E-state index < -0.39 is 0 Å². The van der Waals surface area contributed by atoms with Crippen molar-refractivity contribution in [2.24, 2.45) is 4.99 Å². The van der Waals surface area contributed by atoms with Crippen molar-refractivity contribution in [3.05, 3.63) is 47.8 Å². The van der Waals surface area contributed by atoms with Crippen molar-refractivity contribution in [3.8, 4) is 0 Å². The van der Waals surface area contributed by atoms with Crippen LogP contribution in [0.5, 0.6) is 0 Å². The number of rotatable bonds is 10. The van der Waals surface area contributed by atoms with Gasteiger partial charge in [0.05, 0.1) is 6.54 Å². The van der Waals surface area contributed by atoms with Crippen LogP contribution in [0, 0.1) is 5.82 Å². The molecular weight excluding hydrogens is 381 g/mol. The Morgan fingerprint density at radius 1 is 1.23 bits per heavy atom. The van der Waals surface area contributed by atoms with Gasteiger partial charge in [0.1, 0.15) is 18.0 Å². The SMILES string of the molecule is CCc1nncn1CCNC(=NCC1CCCN1CC)NCCc1ccccc1F. The Labute approximate surface area is 178 Å². The van der Waals surface area contributed by atoms with Crippen molar-refractivity contribution in [2.45, 2.75) is 52.1 Å². The highest BCUT2D eigenvalue weighted by molar-refractivity contribution is 5.79. The lowest BCUT2D eigenvalue weighted by molar-refractivity contribution is 0.273. The van der Waals surface area contributed by atoms with E-state index in [1.54, 1.807) is 12.4 Å². The highest BCUT2D eigenvalue weighted by Gasteiger charge is 2.22. The molecule has 1 saturated heterocycles. The summed E-state index contributed by atoms with van der Waals surface area (Å²) in [6.07, 6.45) is 5.67. The number of guanidine groups is 1. The smallest absolute Gasteiger partial charge is 0.191 e. The van der Waals surface area contributed by atoms with Crippen molar-refractivity contribution in [3.63, 3.8) is 0 Å². The number of likely N-dealkylation sites (tertiary alicyclic amines) is 1. The van der Waals surface area contributed by atoms with Gasteiger partial charge in [0.15, 0.2) is 5.96 Å². The molecule has 1 aromatic carbocycles. The van der Waals surface area contributed by atoms with Crippen LogP contribution in [0.1, 0.15) is 38.1 Å². The molecule has 0 bridgehead atoms. The van der Waals surface area contributed by atoms with E-state index in [0.717, 1.165) is 56.5 Å². The number of aromatic nitrogens is 3. The molecule has 164 valence electrons. The number of aryl methyl sites for hydroxylation is 1. The maximum Gasteiger partial charge on any atom is 0.191 e. The topological polar surface area (TPSA) is 70.4 Å². The first-order valence-electron chi connectivity index (χ1n) is 11.1. The Kier molecular flexibility index (Phi) is 8.62. The highest BCUT2D eigenvalue weighted by atomic mass is 19.1. The van der Waals surface area contributed by atoms with Crippen molar-refractivity contribution >= 4 is 5.96 Å². The highest BCUT2D eigenvalue weighted by Crippen LogP contribution is 2.16. The summed E-state index contributed by atoms with van der Waals surface area (Å²) in [7, 11) is 0. The third kappa shape index (κ3) is 6.26. The van der Waals surface area contributed by atoms with Crippen LogP contribution >= 0.6 is 0 Å². The Bertz CT molecular complexity index is 804. The van der Waals surface area contributed by atoms with E-state index in [1.165, 1.54) is 18.9 Å². The molecule has 0 saturated carbocycles. The molecule has 1 aliphatic heterocycles. The number of benzene rings is 1. The Hall–Kier alpha value is -2.48. The van der Waals surface area contributed by atoms with Gasteiger partial charge in [-0.25, -0.2) is 4.39 Å². The van der Waals surface area contributed by atoms with Gasteiger partial charge in [-0.1, -0.05) is 32.0 Å². The van der Waals surface area contributed by atoms with E-state index in [0.29, 0.717) is 19.0 Å². The molecule has 1 aromatic heterocycles. The number of nitrogens with zero attached hydrogens (tertiary/aromatic N) is 5. The van der Waals surface area contributed by atoms with E-state index in [9.17, 15) is 4.39 Å². The number of nitrogens with one attached hydrogen (secondary N) is 2. The van der Waals surface area contributed by atoms with Crippen LogP contribution in [0.25, 0.3) is 0 Å². The first-order chi connectivity index (χ1) is 14.7. The third-order valence-corrected chi connectivity index (χ3v) is 5.67. The quantitative estimate of drug-likeness (QED) is 0.460. The zero-order valence-corrected chi connectivity index (χ0v) is 18.1. The first kappa shape index (κ1) is 22.2. The van der Waals surface area contributed by atoms with Crippen molar-refractivity contribution < 1.29 is 4.39 Å². The summed E-state index contributed by atoms with van der Waals surface area (Å²) in [5.41, 5.74) is 0.717. The summed E-state index contributed by atoms with van der Waals surface area (Å²) in [6, 6.07) is 7.43. The second-order valence-electron chi connectivity index (χ2n) is 7.60. The average Bonchev–Trinajstić information content (AvgIpc) is 3.41. The Morgan fingerprint density at radius 2 is 2.07 bits per heavy atom. The van der Waals surface area contributed by atoms with E-state index in [4.69, 9.17) is 4.99 Å². The van der Waals surface area contributed by atoms with Gasteiger partial charge in [-0.3, -0.25) is 9.89 Å². The van der Waals surface area contributed by atoms with Gasteiger partial charge in [-0.2, -0.15) is 0 Å². The largest absolute Gasteiger partial charge is 0.356 e. The molecule has 1 fully saturated rings. The normalized spacial score (nSPS) is 17.4. The maximum atomic E-state index is 13.9. The summed E-state index contributed by atoms with van der Waals surface area (Å²) in [4.78, 5) is 7.33. The molecule has 0 aliphatic carbocycles. The lowest BCUT2D eigenvalue weighted by atomic mass is 10.1. The molecule has 3 rings (SSSR count). The van der Waals surface area contributed by atoms with E-state index >= 15 is 0 Å². The summed E-state index contributed by atoms with van der Waals surface area (Å²) < 4.78 is 15.9. The lowest BCUT2D eigenvalue weighted by Gasteiger charge is -2.21. The number of hydrogen-bond acceptors (Lipinski definition) is 4. The van der Waals surface area contributed by atoms with Crippen LogP contribution in [-0.4, -0.2) is 64.4 Å². The zero-order chi connectivity index (χ0) is 21.2. The molecule has 2 N–H and O–H groups in total. The predicted octanol–water partition coefficient (Wildman–Crippen LogP) is 2.24. The van der Waals surface area contributed by atoms with Gasteiger partial charge in [0.25, 0.3) is 0 Å². The van der Waals surface area contributed by atoms with Crippen LogP contribution in [0.3, 0.4) is 0 Å². The van der Waals surface area contributed by atoms with Gasteiger partial charge in [0.2, 0.25) is 0 Å². The van der Waals surface area contributed by atoms with E-state index in [-0.39, 0.29) is 5.82 Å². The fraction of sp³-hybridized carbons (Fsp3) is 0.591. The van der Waals surface area contributed by atoms with Crippen molar-refractivity contribution in [1.29, 1.82) is 0 Å². The lowest BCUT2D eigenvalue weighted by Crippen LogP contribution is -2.41. The molecule has 30 heavy (non-hydrogen) atoms. The molecule has 2 heterocycles. The molecule has 0 radical (unpaired) electrons. The molecular formula is C22H34FN7. The summed E-state index contributed by atoms with van der Waals surface area (Å²) in [6.45, 7) is 9.40. The fourth-order valence-corrected chi connectivity index (χ4v) is 3.94. The molecule has 0 spiro atoms. The van der Waals surface area contributed by atoms with Crippen LogP contribution in [-0.2, 0) is 19.4 Å². The third-order valence-electron chi connectivity index (χ3n) is 5.67. The van der Waals surface area contributed by atoms with Crippen LogP contribution < -0.4 is 10.6 Å². The second kappa shape index (κ2) is 11.6. The minimum absolute atomic E-state index is 0.157. The van der Waals surface area contributed by atoms with E-state index in [2.05, 4.69) is 44.1 Å². The first-order valence-corrected chi connectivity index (χ1v) is 11.1. The van der Waals surface area contributed by atoms with Gasteiger partial charge in [-0.05, 0) is 44.0 Å². The fourth-order valence-electron chi connectivity index (χ4n) is 3.94. The summed E-state index contributed by atoms with van der Waals surface area (Å²) >= 11 is 0. The standard InChI is InChI=1S/C22H34FN7/c1-3-21-28-27-17-30(21)15-13-25-22(26-16-19-9-7-14-29(19)4-2)24-12-11-18-8-5-6-10-20(18)23/h5-6,8,10,17,19H,3-4,7,9,11-16H2,1-2H3,(H2,24,25,26). The summed E-state index contributed by atoms with van der Waals surface area (Å²) in [5, 5.41) is 14.9. The molecule has 8 heteroatoms. The molecule has 7 nitrogen and oxygen atoms in total. The van der Waals surface area contributed by atoms with Crippen LogP contribution in [0.2, 0.25) is 0 Å². The van der Waals surface area contributed by atoms with Gasteiger partial charge >= 0.3 is 0 Å². The van der Waals surface area contributed by atoms with Gasteiger partial charge < -0.3 is 15.2 Å². The van der Waals surface area contributed by atoms with Crippen LogP contribution in [0.15, 0.2) is 35.6 Å². The Balaban J connectivity index is 1.55. The van der Waals surface area contributed by atoms with Crippen LogP contribution in [0.4, 0.5) is 4.39 Å². The minimum atomic E-state index is -0.157. The van der Waals surface area contributed by atoms with E-state index in [1.807, 2.05) is 12.1 Å². The average molecular weight is 416 g/mol. The summed E-state index contributed by atoms with van der Waals surface area (Å²) in [5.74, 6) is 1.60. The molecule has 1 unspecified atom stereocenters. The van der Waals surface area contributed by atoms with Crippen molar-refractivity contribution in [1.82, 2.24) is 30.3 Å². The minimum Gasteiger partial charge on any atom is -0.356 e. The number of aliphatic imine (C=N–C) groups is 1. The second-order valence-corrected chi connectivity index (χ2v) is 7.60. The monoisotopic (exact) mass is 415 g/mol. The van der Waals surface area contributed by atoms with Gasteiger partial charge in [0, 0.05) is 32.1 Å². The Morgan fingerprint density at radius 3 is 2.87 bits per heavy atom. The molecule has 1 aliphatic rings. The molecule has 1 atom stereocenters.